The minimum atomic E-state index is -0.183. The van der Waals surface area contributed by atoms with Crippen LogP contribution in [0.4, 0.5) is 10.5 Å². The van der Waals surface area contributed by atoms with Gasteiger partial charge in [0, 0.05) is 36.9 Å². The molecule has 1 saturated carbocycles. The van der Waals surface area contributed by atoms with Gasteiger partial charge in [-0.15, -0.1) is 0 Å². The number of carbonyl (C=O) groups excluding carboxylic acids is 2. The summed E-state index contributed by atoms with van der Waals surface area (Å²) in [4.78, 5) is 26.5. The van der Waals surface area contributed by atoms with Crippen LogP contribution in [0.25, 0.3) is 0 Å². The lowest BCUT2D eigenvalue weighted by Gasteiger charge is -2.31. The van der Waals surface area contributed by atoms with Crippen molar-refractivity contribution in [2.24, 2.45) is 5.92 Å². The number of nitrogens with one attached hydrogen (secondary N) is 3. The van der Waals surface area contributed by atoms with Crippen molar-refractivity contribution < 1.29 is 9.59 Å². The first-order chi connectivity index (χ1) is 13.2. The van der Waals surface area contributed by atoms with E-state index in [0.29, 0.717) is 30.3 Å². The predicted molar refractivity (Wildman–Crippen MR) is 108 cm³/mol. The first-order valence-corrected chi connectivity index (χ1v) is 10.3. The zero-order valence-corrected chi connectivity index (χ0v) is 16.3. The number of amides is 3. The Bertz CT molecular complexity index is 626. The largest absolute Gasteiger partial charge is 0.352 e. The highest BCUT2D eigenvalue weighted by molar-refractivity contribution is 5.95. The van der Waals surface area contributed by atoms with Crippen LogP contribution in [0.3, 0.4) is 0 Å². The Labute approximate surface area is 162 Å². The van der Waals surface area contributed by atoms with Crippen molar-refractivity contribution in [2.75, 3.05) is 31.5 Å². The third-order valence-corrected chi connectivity index (χ3v) is 5.70. The van der Waals surface area contributed by atoms with Crippen LogP contribution in [0.15, 0.2) is 24.3 Å². The molecule has 148 valence electrons. The number of hydrogen-bond acceptors (Lipinski definition) is 3. The van der Waals surface area contributed by atoms with Crippen LogP contribution in [0.1, 0.15) is 55.8 Å². The van der Waals surface area contributed by atoms with Crippen LogP contribution < -0.4 is 16.0 Å². The average molecular weight is 373 g/mol. The number of urea groups is 1. The van der Waals surface area contributed by atoms with Crippen LogP contribution in [0.2, 0.25) is 0 Å². The topological polar surface area (TPSA) is 73.5 Å². The van der Waals surface area contributed by atoms with Crippen LogP contribution >= 0.6 is 0 Å². The van der Waals surface area contributed by atoms with Crippen LogP contribution in [-0.4, -0.2) is 49.1 Å². The Balaban J connectivity index is 1.39. The first kappa shape index (κ1) is 19.7. The minimum absolute atomic E-state index is 0.0998. The van der Waals surface area contributed by atoms with Gasteiger partial charge < -0.3 is 20.9 Å². The summed E-state index contributed by atoms with van der Waals surface area (Å²) in [6.45, 7) is 5.47. The quantitative estimate of drug-likeness (QED) is 0.718. The maximum Gasteiger partial charge on any atom is 0.319 e. The van der Waals surface area contributed by atoms with Gasteiger partial charge in [-0.2, -0.15) is 0 Å². The lowest BCUT2D eigenvalue weighted by atomic mass is 9.94. The third-order valence-electron chi connectivity index (χ3n) is 5.70. The van der Waals surface area contributed by atoms with Crippen molar-refractivity contribution in [3.63, 3.8) is 0 Å². The molecule has 1 aliphatic carbocycles. The number of benzene rings is 1. The van der Waals surface area contributed by atoms with E-state index in [2.05, 4.69) is 20.9 Å². The molecular weight excluding hydrogens is 340 g/mol. The summed E-state index contributed by atoms with van der Waals surface area (Å²) in [7, 11) is 0. The normalized spacial score (nSPS) is 21.0. The molecule has 3 amide bonds. The van der Waals surface area contributed by atoms with Gasteiger partial charge in [0.15, 0.2) is 0 Å². The molecule has 0 radical (unpaired) electrons. The molecule has 1 unspecified atom stereocenters. The Morgan fingerprint density at radius 2 is 1.78 bits per heavy atom. The van der Waals surface area contributed by atoms with Crippen molar-refractivity contribution in [1.82, 2.24) is 15.5 Å². The fraction of sp³-hybridized carbons (Fsp3) is 0.619. The van der Waals surface area contributed by atoms with E-state index >= 15 is 0 Å². The lowest BCUT2D eigenvalue weighted by molar-refractivity contribution is 0.0956. The van der Waals surface area contributed by atoms with Gasteiger partial charge in [-0.1, -0.05) is 19.3 Å². The second-order valence-electron chi connectivity index (χ2n) is 7.71. The summed E-state index contributed by atoms with van der Waals surface area (Å²) in [6, 6.07) is 7.53. The molecule has 27 heavy (non-hydrogen) atoms. The summed E-state index contributed by atoms with van der Waals surface area (Å²) in [5.41, 5.74) is 1.28. The van der Waals surface area contributed by atoms with Crippen LogP contribution in [0, 0.1) is 5.92 Å². The molecule has 1 saturated heterocycles. The highest BCUT2D eigenvalue weighted by Crippen LogP contribution is 2.27. The number of carbonyl (C=O) groups is 2. The minimum Gasteiger partial charge on any atom is -0.352 e. The van der Waals surface area contributed by atoms with Crippen molar-refractivity contribution >= 4 is 17.6 Å². The third kappa shape index (κ3) is 5.70. The fourth-order valence-electron chi connectivity index (χ4n) is 4.19. The molecule has 1 heterocycles. The van der Waals surface area contributed by atoms with E-state index in [1.165, 1.54) is 38.6 Å². The van der Waals surface area contributed by atoms with E-state index < -0.39 is 0 Å². The van der Waals surface area contributed by atoms with Gasteiger partial charge in [0.1, 0.15) is 0 Å². The van der Waals surface area contributed by atoms with E-state index in [-0.39, 0.29) is 11.9 Å². The van der Waals surface area contributed by atoms with Crippen molar-refractivity contribution in [3.8, 4) is 0 Å². The van der Waals surface area contributed by atoms with Gasteiger partial charge >= 0.3 is 6.03 Å². The zero-order valence-electron chi connectivity index (χ0n) is 16.3. The molecule has 3 N–H and O–H groups in total. The maximum absolute atomic E-state index is 12.2. The molecule has 0 spiro atoms. The van der Waals surface area contributed by atoms with E-state index in [9.17, 15) is 9.59 Å². The first-order valence-electron chi connectivity index (χ1n) is 10.3. The number of anilines is 1. The Morgan fingerprint density at radius 3 is 2.48 bits per heavy atom. The second kappa shape index (κ2) is 9.74. The number of likely N-dealkylation sites (tertiary alicyclic amines) is 1. The standard InChI is InChI=1S/C21H32N4O2/c1-2-22-20(26)17-8-10-18(11-9-17)24-21(27)23-14-16-12-13-25(15-16)19-6-4-3-5-7-19/h8-11,16,19H,2-7,12-15H2,1H3,(H,22,26)(H2,23,24,27). The molecule has 2 fully saturated rings. The summed E-state index contributed by atoms with van der Waals surface area (Å²) in [6.07, 6.45) is 7.97. The summed E-state index contributed by atoms with van der Waals surface area (Å²) < 4.78 is 0. The molecular formula is C21H32N4O2. The highest BCUT2D eigenvalue weighted by atomic mass is 16.2. The molecule has 1 aliphatic heterocycles. The molecule has 6 heteroatoms. The van der Waals surface area contributed by atoms with Gasteiger partial charge in [0.05, 0.1) is 0 Å². The Morgan fingerprint density at radius 1 is 1.04 bits per heavy atom. The van der Waals surface area contributed by atoms with Gasteiger partial charge in [0.2, 0.25) is 0 Å². The molecule has 2 aliphatic rings. The van der Waals surface area contributed by atoms with Crippen molar-refractivity contribution in [1.29, 1.82) is 0 Å². The summed E-state index contributed by atoms with van der Waals surface area (Å²) in [5, 5.41) is 8.60. The molecule has 1 aromatic rings. The van der Waals surface area contributed by atoms with E-state index in [1.807, 2.05) is 6.92 Å². The second-order valence-corrected chi connectivity index (χ2v) is 7.71. The number of rotatable bonds is 6. The molecule has 1 aromatic carbocycles. The molecule has 0 aromatic heterocycles. The van der Waals surface area contributed by atoms with Gasteiger partial charge in [-0.05, 0) is 62.9 Å². The zero-order chi connectivity index (χ0) is 19.1. The SMILES string of the molecule is CCNC(=O)c1ccc(NC(=O)NCC2CCN(C3CCCCC3)C2)cc1. The number of nitrogens with zero attached hydrogens (tertiary/aromatic N) is 1. The Kier molecular flexibility index (Phi) is 7.10. The van der Waals surface area contributed by atoms with Crippen LogP contribution in [-0.2, 0) is 0 Å². The van der Waals surface area contributed by atoms with Gasteiger partial charge in [-0.25, -0.2) is 4.79 Å². The van der Waals surface area contributed by atoms with E-state index in [0.717, 1.165) is 19.0 Å². The van der Waals surface area contributed by atoms with Crippen molar-refractivity contribution in [3.05, 3.63) is 29.8 Å². The molecule has 6 nitrogen and oxygen atoms in total. The van der Waals surface area contributed by atoms with Gasteiger partial charge in [-0.3, -0.25) is 4.79 Å². The summed E-state index contributed by atoms with van der Waals surface area (Å²) in [5.74, 6) is 0.440. The average Bonchev–Trinajstić information content (AvgIpc) is 3.17. The van der Waals surface area contributed by atoms with E-state index in [1.54, 1.807) is 24.3 Å². The predicted octanol–water partition coefficient (Wildman–Crippen LogP) is 3.21. The molecule has 0 bridgehead atoms. The highest BCUT2D eigenvalue weighted by Gasteiger charge is 2.29. The molecule has 1 atom stereocenters. The smallest absolute Gasteiger partial charge is 0.319 e. The maximum atomic E-state index is 12.2. The summed E-state index contributed by atoms with van der Waals surface area (Å²) >= 11 is 0. The van der Waals surface area contributed by atoms with E-state index in [4.69, 9.17) is 0 Å². The number of hydrogen-bond donors (Lipinski definition) is 3. The Hall–Kier alpha value is -2.08. The fourth-order valence-corrected chi connectivity index (χ4v) is 4.19. The lowest BCUT2D eigenvalue weighted by Crippen LogP contribution is -2.37. The van der Waals surface area contributed by atoms with Gasteiger partial charge in [0.25, 0.3) is 5.91 Å². The molecule has 3 rings (SSSR count). The monoisotopic (exact) mass is 372 g/mol. The van der Waals surface area contributed by atoms with Crippen molar-refractivity contribution in [2.45, 2.75) is 51.5 Å². The van der Waals surface area contributed by atoms with Crippen LogP contribution in [0.5, 0.6) is 0 Å².